The molecule has 1 aromatic rings. The normalized spacial score (nSPS) is 17.6. The quantitative estimate of drug-likeness (QED) is 0.873. The van der Waals surface area contributed by atoms with Crippen molar-refractivity contribution in [2.24, 2.45) is 0 Å². The molecule has 0 heterocycles. The van der Waals surface area contributed by atoms with Gasteiger partial charge in [-0.1, -0.05) is 11.6 Å². The number of hydrogen-bond donors (Lipinski definition) is 1. The molecule has 0 aromatic heterocycles. The number of halogens is 2. The van der Waals surface area contributed by atoms with Gasteiger partial charge in [-0.25, -0.2) is 4.39 Å². The summed E-state index contributed by atoms with van der Waals surface area (Å²) in [5.41, 5.74) is -0.0792. The van der Waals surface area contributed by atoms with E-state index in [1.165, 1.54) is 12.5 Å². The molecule has 2 nitrogen and oxygen atoms in total. The van der Waals surface area contributed by atoms with Gasteiger partial charge in [-0.3, -0.25) is 0 Å². The summed E-state index contributed by atoms with van der Waals surface area (Å²) in [6.45, 7) is 0.926. The van der Waals surface area contributed by atoms with E-state index >= 15 is 0 Å². The number of rotatable bonds is 5. The van der Waals surface area contributed by atoms with Crippen molar-refractivity contribution in [3.8, 4) is 5.75 Å². The zero-order valence-electron chi connectivity index (χ0n) is 9.93. The van der Waals surface area contributed by atoms with Crippen LogP contribution in [-0.2, 0) is 0 Å². The summed E-state index contributed by atoms with van der Waals surface area (Å²) < 4.78 is 19.0. The minimum Gasteiger partial charge on any atom is -0.487 e. The third-order valence-electron chi connectivity index (χ3n) is 3.32. The first-order valence-electron chi connectivity index (χ1n) is 5.94. The Morgan fingerprint density at radius 1 is 1.47 bits per heavy atom. The SMILES string of the molecule is CNCCC1(Oc2ccc(F)c(Cl)c2)CCC1. The van der Waals surface area contributed by atoms with Gasteiger partial charge in [0.25, 0.3) is 0 Å². The second kappa shape index (κ2) is 5.23. The minimum absolute atomic E-state index is 0.0792. The highest BCUT2D eigenvalue weighted by atomic mass is 35.5. The highest BCUT2D eigenvalue weighted by Crippen LogP contribution is 2.39. The zero-order chi connectivity index (χ0) is 12.3. The zero-order valence-corrected chi connectivity index (χ0v) is 10.7. The molecule has 4 heteroatoms. The van der Waals surface area contributed by atoms with Crippen LogP contribution in [0.25, 0.3) is 0 Å². The smallest absolute Gasteiger partial charge is 0.142 e. The van der Waals surface area contributed by atoms with Gasteiger partial charge in [0.1, 0.15) is 17.2 Å². The van der Waals surface area contributed by atoms with E-state index in [4.69, 9.17) is 16.3 Å². The van der Waals surface area contributed by atoms with Crippen LogP contribution in [0.1, 0.15) is 25.7 Å². The van der Waals surface area contributed by atoms with E-state index in [0.717, 1.165) is 25.8 Å². The van der Waals surface area contributed by atoms with Crippen LogP contribution in [0.4, 0.5) is 4.39 Å². The average Bonchev–Trinajstić information content (AvgIpc) is 2.27. The predicted molar refractivity (Wildman–Crippen MR) is 67.2 cm³/mol. The summed E-state index contributed by atoms with van der Waals surface area (Å²) in [5.74, 6) is 0.254. The fourth-order valence-electron chi connectivity index (χ4n) is 2.12. The van der Waals surface area contributed by atoms with Crippen LogP contribution in [-0.4, -0.2) is 19.2 Å². The Labute approximate surface area is 106 Å². The van der Waals surface area contributed by atoms with Gasteiger partial charge in [-0.15, -0.1) is 0 Å². The summed E-state index contributed by atoms with van der Waals surface area (Å²) in [5, 5.41) is 3.25. The fraction of sp³-hybridized carbons (Fsp3) is 0.538. The molecule has 94 valence electrons. The largest absolute Gasteiger partial charge is 0.487 e. The van der Waals surface area contributed by atoms with Gasteiger partial charge >= 0.3 is 0 Å². The third kappa shape index (κ3) is 2.90. The van der Waals surface area contributed by atoms with Crippen LogP contribution < -0.4 is 10.1 Å². The molecule has 1 aromatic carbocycles. The fourth-order valence-corrected chi connectivity index (χ4v) is 2.29. The van der Waals surface area contributed by atoms with Gasteiger partial charge in [0.2, 0.25) is 0 Å². The Morgan fingerprint density at radius 2 is 2.24 bits per heavy atom. The molecule has 0 aliphatic heterocycles. The van der Waals surface area contributed by atoms with Crippen molar-refractivity contribution in [1.29, 1.82) is 0 Å². The number of hydrogen-bond acceptors (Lipinski definition) is 2. The summed E-state index contributed by atoms with van der Waals surface area (Å²) in [6, 6.07) is 4.54. The van der Waals surface area contributed by atoms with Crippen molar-refractivity contribution >= 4 is 11.6 Å². The molecule has 0 unspecified atom stereocenters. The van der Waals surface area contributed by atoms with E-state index in [1.807, 2.05) is 7.05 Å². The molecular weight excluding hydrogens is 241 g/mol. The van der Waals surface area contributed by atoms with Gasteiger partial charge in [-0.05, 0) is 51.4 Å². The summed E-state index contributed by atoms with van der Waals surface area (Å²) in [6.07, 6.45) is 4.28. The lowest BCUT2D eigenvalue weighted by Gasteiger charge is -2.42. The molecule has 0 saturated heterocycles. The van der Waals surface area contributed by atoms with Gasteiger partial charge in [0.05, 0.1) is 5.02 Å². The molecule has 1 saturated carbocycles. The Morgan fingerprint density at radius 3 is 2.76 bits per heavy atom. The van der Waals surface area contributed by atoms with E-state index in [9.17, 15) is 4.39 Å². The van der Waals surface area contributed by atoms with E-state index in [0.29, 0.717) is 5.75 Å². The highest BCUT2D eigenvalue weighted by Gasteiger charge is 2.38. The molecule has 1 aliphatic carbocycles. The number of benzene rings is 1. The molecule has 0 radical (unpaired) electrons. The lowest BCUT2D eigenvalue weighted by atomic mass is 9.77. The van der Waals surface area contributed by atoms with Crippen LogP contribution in [0.3, 0.4) is 0 Å². The second-order valence-corrected chi connectivity index (χ2v) is 4.98. The van der Waals surface area contributed by atoms with Crippen LogP contribution in [0.2, 0.25) is 5.02 Å². The monoisotopic (exact) mass is 257 g/mol. The maximum atomic E-state index is 13.0. The third-order valence-corrected chi connectivity index (χ3v) is 3.61. The van der Waals surface area contributed by atoms with Crippen LogP contribution >= 0.6 is 11.6 Å². The van der Waals surface area contributed by atoms with Crippen molar-refractivity contribution in [3.63, 3.8) is 0 Å². The van der Waals surface area contributed by atoms with Crippen LogP contribution in [0.15, 0.2) is 18.2 Å². The van der Waals surface area contributed by atoms with Crippen molar-refractivity contribution in [2.45, 2.75) is 31.3 Å². The van der Waals surface area contributed by atoms with E-state index in [1.54, 1.807) is 12.1 Å². The van der Waals surface area contributed by atoms with E-state index in [2.05, 4.69) is 5.32 Å². The van der Waals surface area contributed by atoms with Crippen molar-refractivity contribution in [1.82, 2.24) is 5.32 Å². The van der Waals surface area contributed by atoms with Crippen molar-refractivity contribution in [3.05, 3.63) is 29.0 Å². The maximum absolute atomic E-state index is 13.0. The van der Waals surface area contributed by atoms with Crippen LogP contribution in [0, 0.1) is 5.82 Å². The lowest BCUT2D eigenvalue weighted by Crippen LogP contribution is -2.45. The highest BCUT2D eigenvalue weighted by molar-refractivity contribution is 6.30. The van der Waals surface area contributed by atoms with E-state index < -0.39 is 5.82 Å². The molecule has 0 amide bonds. The molecule has 0 bridgehead atoms. The molecular formula is C13H17ClFNO. The molecule has 1 aliphatic rings. The van der Waals surface area contributed by atoms with Crippen LogP contribution in [0.5, 0.6) is 5.75 Å². The first-order valence-corrected chi connectivity index (χ1v) is 6.32. The first kappa shape index (κ1) is 12.7. The Hall–Kier alpha value is -0.800. The standard InChI is InChI=1S/C13H17ClFNO/c1-16-8-7-13(5-2-6-13)17-10-3-4-12(15)11(14)9-10/h3-4,9,16H,2,5-8H2,1H3. The summed E-state index contributed by atoms with van der Waals surface area (Å²) >= 11 is 5.74. The maximum Gasteiger partial charge on any atom is 0.142 e. The summed E-state index contributed by atoms with van der Waals surface area (Å²) in [4.78, 5) is 0. The topological polar surface area (TPSA) is 21.3 Å². The van der Waals surface area contributed by atoms with Crippen molar-refractivity contribution in [2.75, 3.05) is 13.6 Å². The molecule has 2 rings (SSSR count). The molecule has 1 N–H and O–H groups in total. The molecule has 1 fully saturated rings. The van der Waals surface area contributed by atoms with Gasteiger partial charge in [0, 0.05) is 6.07 Å². The van der Waals surface area contributed by atoms with Gasteiger partial charge < -0.3 is 10.1 Å². The van der Waals surface area contributed by atoms with E-state index in [-0.39, 0.29) is 10.6 Å². The first-order chi connectivity index (χ1) is 8.15. The Bertz CT molecular complexity index is 393. The second-order valence-electron chi connectivity index (χ2n) is 4.57. The van der Waals surface area contributed by atoms with Gasteiger partial charge in [0.15, 0.2) is 0 Å². The number of ether oxygens (including phenoxy) is 1. The average molecular weight is 258 g/mol. The Balaban J connectivity index is 2.05. The predicted octanol–water partition coefficient (Wildman–Crippen LogP) is 3.39. The lowest BCUT2D eigenvalue weighted by molar-refractivity contribution is -0.0139. The summed E-state index contributed by atoms with van der Waals surface area (Å²) in [7, 11) is 1.93. The minimum atomic E-state index is -0.406. The molecule has 0 atom stereocenters. The molecule has 0 spiro atoms. The van der Waals surface area contributed by atoms with Gasteiger partial charge in [-0.2, -0.15) is 0 Å². The number of nitrogens with one attached hydrogen (secondary N) is 1. The molecule has 17 heavy (non-hydrogen) atoms. The Kier molecular flexibility index (Phi) is 3.89. The van der Waals surface area contributed by atoms with Crippen molar-refractivity contribution < 1.29 is 9.13 Å².